The summed E-state index contributed by atoms with van der Waals surface area (Å²) in [6.45, 7) is 22.1. The Morgan fingerprint density at radius 2 is 1.53 bits per heavy atom. The van der Waals surface area contributed by atoms with E-state index in [0.717, 1.165) is 0 Å². The van der Waals surface area contributed by atoms with Gasteiger partial charge < -0.3 is 5.73 Å². The molecule has 2 heteroatoms. The molecule has 86 valence electrons. The third-order valence-corrected chi connectivity index (χ3v) is 1.07. The van der Waals surface area contributed by atoms with Crippen LogP contribution in [0.25, 0.3) is 0 Å². The highest BCUT2D eigenvalue weighted by Crippen LogP contribution is 2.09. The molecule has 0 spiro atoms. The van der Waals surface area contributed by atoms with E-state index in [1.54, 1.807) is 12.2 Å². The van der Waals surface area contributed by atoms with E-state index in [1.165, 1.54) is 0 Å². The molecule has 0 aromatic carbocycles. The molecule has 0 aromatic rings. The lowest BCUT2D eigenvalue weighted by atomic mass is 10.2. The minimum atomic E-state index is 0.426. The number of hydrogen-bond acceptors (Lipinski definition) is 2. The quantitative estimate of drug-likeness (QED) is 0.553. The number of aliphatic imine (C=N–C) groups is 1. The fourth-order valence-corrected chi connectivity index (χ4v) is 0.520. The Morgan fingerprint density at radius 3 is 1.73 bits per heavy atom. The Bertz CT molecular complexity index is 235. The lowest BCUT2D eigenvalue weighted by Crippen LogP contribution is -1.92. The van der Waals surface area contributed by atoms with Gasteiger partial charge in [0, 0.05) is 5.70 Å². The highest BCUT2D eigenvalue weighted by Gasteiger charge is 1.93. The molecule has 0 fully saturated rings. The van der Waals surface area contributed by atoms with Crippen molar-refractivity contribution in [3.63, 3.8) is 0 Å². The largest absolute Gasteiger partial charge is 0.399 e. The Morgan fingerprint density at radius 1 is 1.13 bits per heavy atom. The molecule has 0 atom stereocenters. The van der Waals surface area contributed by atoms with Gasteiger partial charge in [-0.3, -0.25) is 4.99 Å². The first-order chi connectivity index (χ1) is 7.11. The zero-order valence-electron chi connectivity index (χ0n) is 10.5. The number of nitrogens with zero attached hydrogens (tertiary/aromatic N) is 1. The molecule has 0 rings (SSSR count). The second-order valence-corrected chi connectivity index (χ2v) is 1.99. The van der Waals surface area contributed by atoms with Crippen molar-refractivity contribution in [1.82, 2.24) is 0 Å². The van der Waals surface area contributed by atoms with Crippen molar-refractivity contribution in [3.8, 4) is 0 Å². The molecule has 0 aliphatic carbocycles. The van der Waals surface area contributed by atoms with E-state index in [1.807, 2.05) is 27.7 Å². The Kier molecular flexibility index (Phi) is 19.0. The average molecular weight is 208 g/mol. The number of rotatable bonds is 4. The van der Waals surface area contributed by atoms with E-state index < -0.39 is 0 Å². The van der Waals surface area contributed by atoms with Crippen LogP contribution in [-0.4, -0.2) is 6.72 Å². The summed E-state index contributed by atoms with van der Waals surface area (Å²) >= 11 is 0. The lowest BCUT2D eigenvalue weighted by molar-refractivity contribution is 1.33. The molecule has 0 aromatic heterocycles. The molecule has 15 heavy (non-hydrogen) atoms. The summed E-state index contributed by atoms with van der Waals surface area (Å²) in [6, 6.07) is 0. The molecule has 0 unspecified atom stereocenters. The van der Waals surface area contributed by atoms with Crippen LogP contribution in [0.3, 0.4) is 0 Å². The molecule has 0 bridgehead atoms. The minimum Gasteiger partial charge on any atom is -0.399 e. The van der Waals surface area contributed by atoms with E-state index >= 15 is 0 Å². The average Bonchev–Trinajstić information content (AvgIpc) is 2.30. The van der Waals surface area contributed by atoms with Gasteiger partial charge in [0.15, 0.2) is 0 Å². The lowest BCUT2D eigenvalue weighted by Gasteiger charge is -1.98. The van der Waals surface area contributed by atoms with Crippen molar-refractivity contribution in [2.45, 2.75) is 27.7 Å². The van der Waals surface area contributed by atoms with Gasteiger partial charge in [0.1, 0.15) is 0 Å². The Labute approximate surface area is 94.6 Å². The van der Waals surface area contributed by atoms with Crippen LogP contribution in [0, 0.1) is 0 Å². The fraction of sp³-hybridized carbons (Fsp3) is 0.308. The summed E-state index contributed by atoms with van der Waals surface area (Å²) in [4.78, 5) is 3.70. The van der Waals surface area contributed by atoms with Gasteiger partial charge in [-0.05, 0) is 18.4 Å². The molecule has 0 radical (unpaired) electrons. The monoisotopic (exact) mass is 208 g/mol. The fourth-order valence-electron chi connectivity index (χ4n) is 0.520. The maximum absolute atomic E-state index is 5.33. The zero-order valence-corrected chi connectivity index (χ0v) is 10.5. The van der Waals surface area contributed by atoms with E-state index in [9.17, 15) is 0 Å². The number of allylic oxidation sites excluding steroid dienone is 2. The van der Waals surface area contributed by atoms with Gasteiger partial charge in [-0.2, -0.15) is 0 Å². The molecule has 0 aliphatic heterocycles. The highest BCUT2D eigenvalue weighted by atomic mass is 14.7. The van der Waals surface area contributed by atoms with Crippen LogP contribution in [0.5, 0.6) is 0 Å². The van der Waals surface area contributed by atoms with Crippen LogP contribution in [0.1, 0.15) is 27.7 Å². The maximum Gasteiger partial charge on any atom is 0.0708 e. The third kappa shape index (κ3) is 12.4. The van der Waals surface area contributed by atoms with E-state index in [-0.39, 0.29) is 0 Å². The molecule has 0 saturated carbocycles. The second-order valence-electron chi connectivity index (χ2n) is 1.99. The zero-order chi connectivity index (χ0) is 12.9. The van der Waals surface area contributed by atoms with E-state index in [0.29, 0.717) is 17.0 Å². The van der Waals surface area contributed by atoms with Crippen LogP contribution in [-0.2, 0) is 0 Å². The smallest absolute Gasteiger partial charge is 0.0708 e. The van der Waals surface area contributed by atoms with Gasteiger partial charge in [-0.25, -0.2) is 0 Å². The molecular formula is C13H24N2. The summed E-state index contributed by atoms with van der Waals surface area (Å²) in [7, 11) is 0. The Balaban J connectivity index is -0.000000318. The molecule has 0 saturated heterocycles. The summed E-state index contributed by atoms with van der Waals surface area (Å²) in [5.74, 6) is 0. The van der Waals surface area contributed by atoms with Gasteiger partial charge in [-0.1, -0.05) is 53.5 Å². The van der Waals surface area contributed by atoms with Gasteiger partial charge in [0.2, 0.25) is 0 Å². The van der Waals surface area contributed by atoms with Crippen LogP contribution in [0.15, 0.2) is 53.8 Å². The van der Waals surface area contributed by atoms with Crippen LogP contribution < -0.4 is 5.73 Å². The number of hydrogen-bond donors (Lipinski definition) is 1. The second kappa shape index (κ2) is 14.9. The summed E-state index contributed by atoms with van der Waals surface area (Å²) < 4.78 is 0. The van der Waals surface area contributed by atoms with Crippen molar-refractivity contribution < 1.29 is 0 Å². The molecule has 0 amide bonds. The maximum atomic E-state index is 5.33. The minimum absolute atomic E-state index is 0.426. The molecule has 0 heterocycles. The topological polar surface area (TPSA) is 38.4 Å². The predicted molar refractivity (Wildman–Crippen MR) is 73.0 cm³/mol. The van der Waals surface area contributed by atoms with Crippen LogP contribution >= 0.6 is 0 Å². The Hall–Kier alpha value is -1.57. The van der Waals surface area contributed by atoms with Gasteiger partial charge in [-0.15, -0.1) is 0 Å². The van der Waals surface area contributed by atoms with Crippen molar-refractivity contribution in [1.29, 1.82) is 0 Å². The van der Waals surface area contributed by atoms with Crippen molar-refractivity contribution >= 4 is 6.72 Å². The van der Waals surface area contributed by atoms with E-state index in [4.69, 9.17) is 5.73 Å². The first-order valence-corrected chi connectivity index (χ1v) is 5.06. The molecule has 2 nitrogen and oxygen atoms in total. The molecule has 0 aliphatic rings. The first-order valence-electron chi connectivity index (χ1n) is 5.06. The van der Waals surface area contributed by atoms with Crippen molar-refractivity contribution in [2.75, 3.05) is 0 Å². The van der Waals surface area contributed by atoms with Crippen LogP contribution in [0.2, 0.25) is 0 Å². The van der Waals surface area contributed by atoms with E-state index in [2.05, 4.69) is 31.4 Å². The van der Waals surface area contributed by atoms with Gasteiger partial charge in [0.25, 0.3) is 0 Å². The van der Waals surface area contributed by atoms with Crippen LogP contribution in [0.4, 0.5) is 0 Å². The third-order valence-electron chi connectivity index (χ3n) is 1.07. The molecule has 2 N–H and O–H groups in total. The van der Waals surface area contributed by atoms with Crippen molar-refractivity contribution in [2.24, 2.45) is 10.7 Å². The summed E-state index contributed by atoms with van der Waals surface area (Å²) in [5, 5.41) is 0. The standard InChI is InChI=1S/C9H12N2.2C2H6/c1-5-7(2)9(11-4)6-8(3)10;2*1-2/h5-6H,1-4,10H2;2*1-2H3/b9-6-;;. The SMILES string of the molecule is C=CC(=C)/C(=C/C(=C)N)N=C.CC.CC. The summed E-state index contributed by atoms with van der Waals surface area (Å²) in [6.07, 6.45) is 3.18. The van der Waals surface area contributed by atoms with Crippen molar-refractivity contribution in [3.05, 3.63) is 48.9 Å². The normalized spacial score (nSPS) is 8.40. The van der Waals surface area contributed by atoms with Gasteiger partial charge >= 0.3 is 0 Å². The highest BCUT2D eigenvalue weighted by molar-refractivity contribution is 5.44. The first kappa shape index (κ1) is 19.1. The summed E-state index contributed by atoms with van der Waals surface area (Å²) in [5.41, 5.74) is 7.04. The number of nitrogens with two attached hydrogens (primary N) is 1. The van der Waals surface area contributed by atoms with Gasteiger partial charge in [0.05, 0.1) is 5.70 Å². The molecular weight excluding hydrogens is 184 g/mol. The predicted octanol–water partition coefficient (Wildman–Crippen LogP) is 3.84.